The zero-order valence-corrected chi connectivity index (χ0v) is 19.1. The minimum Gasteiger partial charge on any atom is -0.465 e. The number of fused-ring (bicyclic) bond motifs is 4. The number of carbonyl (C=O) groups is 1. The topological polar surface area (TPSA) is 104 Å². The van der Waals surface area contributed by atoms with Crippen LogP contribution in [-0.4, -0.2) is 43.5 Å². The van der Waals surface area contributed by atoms with Crippen molar-refractivity contribution in [2.75, 3.05) is 7.11 Å². The zero-order chi connectivity index (χ0) is 24.6. The lowest BCUT2D eigenvalue weighted by Crippen LogP contribution is -2.18. The number of benzene rings is 3. The smallest absolute Gasteiger partial charge is 0.337 e. The first kappa shape index (κ1) is 21.4. The Bertz CT molecular complexity index is 1850. The monoisotopic (exact) mass is 474 g/mol. The lowest BCUT2D eigenvalue weighted by atomic mass is 10.1. The van der Waals surface area contributed by atoms with Crippen LogP contribution in [0.4, 0.5) is 0 Å². The number of ether oxygens (including phenoxy) is 1. The molecule has 0 amide bonds. The molecule has 0 aliphatic carbocycles. The van der Waals surface area contributed by atoms with Gasteiger partial charge in [-0.3, -0.25) is 9.36 Å². The third-order valence-corrected chi connectivity index (χ3v) is 5.83. The van der Waals surface area contributed by atoms with Crippen molar-refractivity contribution in [3.63, 3.8) is 0 Å². The van der Waals surface area contributed by atoms with Crippen LogP contribution < -0.4 is 5.56 Å². The molecule has 174 valence electrons. The van der Waals surface area contributed by atoms with Crippen molar-refractivity contribution in [3.05, 3.63) is 107 Å². The fourth-order valence-electron chi connectivity index (χ4n) is 4.05. The summed E-state index contributed by atoms with van der Waals surface area (Å²) in [6.45, 7) is 0. The van der Waals surface area contributed by atoms with E-state index in [1.54, 1.807) is 30.5 Å². The molecule has 9 heteroatoms. The molecule has 3 aromatic carbocycles. The number of carbonyl (C=O) groups excluding carboxylic acids is 1. The lowest BCUT2D eigenvalue weighted by molar-refractivity contribution is 0.0600. The van der Waals surface area contributed by atoms with E-state index in [4.69, 9.17) is 14.7 Å². The van der Waals surface area contributed by atoms with Gasteiger partial charge in [0, 0.05) is 0 Å². The van der Waals surface area contributed by atoms with Crippen LogP contribution in [0.1, 0.15) is 15.9 Å². The summed E-state index contributed by atoms with van der Waals surface area (Å²) in [6, 6.07) is 23.6. The maximum atomic E-state index is 13.6. The van der Waals surface area contributed by atoms with E-state index in [1.165, 1.54) is 22.7 Å². The highest BCUT2D eigenvalue weighted by atomic mass is 16.5. The maximum absolute atomic E-state index is 13.6. The molecule has 3 aromatic heterocycles. The summed E-state index contributed by atoms with van der Waals surface area (Å²) >= 11 is 0. The van der Waals surface area contributed by atoms with E-state index >= 15 is 0 Å². The molecule has 0 saturated heterocycles. The number of methoxy groups -OCH3 is 1. The van der Waals surface area contributed by atoms with Crippen molar-refractivity contribution in [1.82, 2.24) is 24.2 Å². The van der Waals surface area contributed by atoms with E-state index in [1.807, 2.05) is 54.6 Å². The molecule has 0 fully saturated rings. The van der Waals surface area contributed by atoms with Gasteiger partial charge in [0.2, 0.25) is 0 Å². The largest absolute Gasteiger partial charge is 0.465 e. The van der Waals surface area contributed by atoms with E-state index in [2.05, 4.69) is 10.1 Å². The van der Waals surface area contributed by atoms with Crippen molar-refractivity contribution >= 4 is 45.4 Å². The molecule has 0 N–H and O–H groups in total. The standard InChI is InChI=1S/C27H18N6O3/c1-36-27(35)18-13-11-17(12-14-18)15-29-33-24-22(23-25(33)31-21-10-6-5-9-20(21)30-23)26(34)32(16-28-24)19-7-3-2-4-8-19/h2-16H,1H3/b29-15+. The second-order valence-electron chi connectivity index (χ2n) is 8.01. The fourth-order valence-corrected chi connectivity index (χ4v) is 4.05. The molecule has 0 spiro atoms. The predicted molar refractivity (Wildman–Crippen MR) is 137 cm³/mol. The quantitative estimate of drug-likeness (QED) is 0.283. The van der Waals surface area contributed by atoms with Gasteiger partial charge in [0.25, 0.3) is 5.56 Å². The van der Waals surface area contributed by atoms with E-state index < -0.39 is 5.97 Å². The van der Waals surface area contributed by atoms with Crippen LogP contribution in [0.5, 0.6) is 0 Å². The van der Waals surface area contributed by atoms with Gasteiger partial charge in [-0.15, -0.1) is 0 Å². The Labute approximate surface area is 203 Å². The first-order valence-electron chi connectivity index (χ1n) is 11.1. The maximum Gasteiger partial charge on any atom is 0.337 e. The number of rotatable bonds is 4. The zero-order valence-electron chi connectivity index (χ0n) is 19.1. The SMILES string of the molecule is COC(=O)c1ccc(/C=N/n2c3nc4ccccc4nc3c3c(=O)n(-c4ccccc4)cnc32)cc1. The third-order valence-electron chi connectivity index (χ3n) is 5.83. The van der Waals surface area contributed by atoms with Crippen LogP contribution in [0.15, 0.2) is 95.1 Å². The van der Waals surface area contributed by atoms with Gasteiger partial charge < -0.3 is 4.74 Å². The summed E-state index contributed by atoms with van der Waals surface area (Å²) in [5.74, 6) is -0.415. The Balaban J connectivity index is 1.58. The fraction of sp³-hybridized carbons (Fsp3) is 0.0370. The van der Waals surface area contributed by atoms with E-state index in [0.29, 0.717) is 44.5 Å². The number of nitrogens with zero attached hydrogens (tertiary/aromatic N) is 6. The number of hydrogen-bond acceptors (Lipinski definition) is 7. The van der Waals surface area contributed by atoms with Crippen LogP contribution in [0.3, 0.4) is 0 Å². The molecule has 0 radical (unpaired) electrons. The van der Waals surface area contributed by atoms with Crippen molar-refractivity contribution in [2.24, 2.45) is 5.10 Å². The molecule has 6 rings (SSSR count). The Morgan fingerprint density at radius 2 is 1.58 bits per heavy atom. The van der Waals surface area contributed by atoms with Gasteiger partial charge in [0.15, 0.2) is 11.3 Å². The van der Waals surface area contributed by atoms with Crippen molar-refractivity contribution in [1.29, 1.82) is 0 Å². The highest BCUT2D eigenvalue weighted by Crippen LogP contribution is 2.25. The van der Waals surface area contributed by atoms with Crippen LogP contribution in [0.2, 0.25) is 0 Å². The third kappa shape index (κ3) is 3.50. The number of para-hydroxylation sites is 3. The van der Waals surface area contributed by atoms with Gasteiger partial charge in [-0.05, 0) is 42.0 Å². The average Bonchev–Trinajstić information content (AvgIpc) is 3.24. The van der Waals surface area contributed by atoms with Gasteiger partial charge in [0.1, 0.15) is 17.2 Å². The van der Waals surface area contributed by atoms with E-state index in [9.17, 15) is 9.59 Å². The van der Waals surface area contributed by atoms with E-state index in [-0.39, 0.29) is 5.56 Å². The first-order valence-corrected chi connectivity index (χ1v) is 11.1. The second-order valence-corrected chi connectivity index (χ2v) is 8.01. The average molecular weight is 474 g/mol. The van der Waals surface area contributed by atoms with Crippen molar-refractivity contribution < 1.29 is 9.53 Å². The van der Waals surface area contributed by atoms with Gasteiger partial charge in [0.05, 0.1) is 35.6 Å². The van der Waals surface area contributed by atoms with Gasteiger partial charge in [-0.2, -0.15) is 9.78 Å². The summed E-state index contributed by atoms with van der Waals surface area (Å²) in [4.78, 5) is 39.4. The summed E-state index contributed by atoms with van der Waals surface area (Å²) in [5.41, 5.74) is 4.14. The Hall–Kier alpha value is -5.18. The van der Waals surface area contributed by atoms with Gasteiger partial charge >= 0.3 is 5.97 Å². The van der Waals surface area contributed by atoms with Crippen LogP contribution in [0, 0.1) is 0 Å². The highest BCUT2D eigenvalue weighted by molar-refractivity contribution is 6.05. The minimum atomic E-state index is -0.415. The molecule has 6 aromatic rings. The molecular weight excluding hydrogens is 456 g/mol. The summed E-state index contributed by atoms with van der Waals surface area (Å²) in [5, 5.41) is 4.93. The van der Waals surface area contributed by atoms with E-state index in [0.717, 1.165) is 5.56 Å². The summed E-state index contributed by atoms with van der Waals surface area (Å²) in [6.07, 6.45) is 3.09. The van der Waals surface area contributed by atoms with Gasteiger partial charge in [-0.1, -0.05) is 42.5 Å². The highest BCUT2D eigenvalue weighted by Gasteiger charge is 2.20. The molecule has 0 bridgehead atoms. The molecule has 36 heavy (non-hydrogen) atoms. The molecule has 0 unspecified atom stereocenters. The van der Waals surface area contributed by atoms with Crippen LogP contribution in [0.25, 0.3) is 38.9 Å². The summed E-state index contributed by atoms with van der Waals surface area (Å²) in [7, 11) is 1.34. The van der Waals surface area contributed by atoms with Crippen LogP contribution in [-0.2, 0) is 4.74 Å². The number of hydrogen-bond donors (Lipinski definition) is 0. The minimum absolute atomic E-state index is 0.267. The molecule has 9 nitrogen and oxygen atoms in total. The number of aromatic nitrogens is 5. The van der Waals surface area contributed by atoms with Crippen LogP contribution >= 0.6 is 0 Å². The lowest BCUT2D eigenvalue weighted by Gasteiger charge is -2.05. The van der Waals surface area contributed by atoms with Crippen molar-refractivity contribution in [3.8, 4) is 5.69 Å². The predicted octanol–water partition coefficient (Wildman–Crippen LogP) is 3.95. The number of esters is 1. The van der Waals surface area contributed by atoms with Gasteiger partial charge in [-0.25, -0.2) is 19.7 Å². The molecular formula is C27H18N6O3. The van der Waals surface area contributed by atoms with Crippen molar-refractivity contribution in [2.45, 2.75) is 0 Å². The Morgan fingerprint density at radius 1 is 0.889 bits per heavy atom. The first-order chi connectivity index (χ1) is 17.6. The molecule has 0 aliphatic rings. The second kappa shape index (κ2) is 8.55. The Morgan fingerprint density at radius 3 is 2.31 bits per heavy atom. The Kier molecular flexibility index (Phi) is 5.07. The molecule has 0 saturated carbocycles. The normalized spacial score (nSPS) is 11.6. The molecule has 3 heterocycles. The molecule has 0 aliphatic heterocycles. The summed E-state index contributed by atoms with van der Waals surface area (Å²) < 4.78 is 7.75. The molecule has 0 atom stereocenters.